The highest BCUT2D eigenvalue weighted by Gasteiger charge is 2.32. The molecule has 8 nitrogen and oxygen atoms in total. The van der Waals surface area contributed by atoms with Crippen LogP contribution in [0.5, 0.6) is 0 Å². The first-order chi connectivity index (χ1) is 11.6. The van der Waals surface area contributed by atoms with Crippen molar-refractivity contribution in [3.63, 3.8) is 0 Å². The number of carbonyl (C=O) groups is 2. The van der Waals surface area contributed by atoms with Crippen molar-refractivity contribution in [1.29, 1.82) is 0 Å². The highest BCUT2D eigenvalue weighted by Crippen LogP contribution is 2.32. The van der Waals surface area contributed by atoms with Gasteiger partial charge in [0.2, 0.25) is 5.91 Å². The van der Waals surface area contributed by atoms with E-state index in [4.69, 9.17) is 11.6 Å². The lowest BCUT2D eigenvalue weighted by Crippen LogP contribution is -2.50. The molecule has 0 aliphatic carbocycles. The molecule has 0 aromatic carbocycles. The molecule has 0 spiro atoms. The molecule has 0 saturated carbocycles. The number of urea groups is 1. The number of hydrogen-bond acceptors (Lipinski definition) is 6. The number of nitrogens with one attached hydrogen (secondary N) is 4. The van der Waals surface area contributed by atoms with E-state index in [-0.39, 0.29) is 16.9 Å². The van der Waals surface area contributed by atoms with E-state index in [1.807, 2.05) is 0 Å². The van der Waals surface area contributed by atoms with Gasteiger partial charge in [-0.2, -0.15) is 13.2 Å². The van der Waals surface area contributed by atoms with Gasteiger partial charge in [-0.1, -0.05) is 11.6 Å². The van der Waals surface area contributed by atoms with Crippen LogP contribution < -0.4 is 26.6 Å². The molecule has 1 fully saturated rings. The quantitative estimate of drug-likeness (QED) is 0.585. The number of rotatable bonds is 3. The summed E-state index contributed by atoms with van der Waals surface area (Å²) in [4.78, 5) is 27.4. The number of hydrogen-bond donors (Lipinski definition) is 4. The first kappa shape index (κ1) is 19.2. The van der Waals surface area contributed by atoms with Crippen molar-refractivity contribution in [3.8, 4) is 0 Å². The third-order valence-electron chi connectivity index (χ3n) is 3.56. The summed E-state index contributed by atoms with van der Waals surface area (Å²) in [5.41, 5.74) is 6.89. The number of pyridine rings is 1. The molecule has 138 valence electrons. The largest absolute Gasteiger partial charge is 0.417 e. The molecule has 2 heterocycles. The van der Waals surface area contributed by atoms with Crippen LogP contribution in [0.4, 0.5) is 23.8 Å². The maximum Gasteiger partial charge on any atom is 0.417 e. The molecular weight excluding hydrogens is 365 g/mol. The van der Waals surface area contributed by atoms with Gasteiger partial charge in [0.25, 0.3) is 0 Å². The van der Waals surface area contributed by atoms with Gasteiger partial charge in [-0.3, -0.25) is 26.0 Å². The minimum absolute atomic E-state index is 0.102. The van der Waals surface area contributed by atoms with Gasteiger partial charge in [0.05, 0.1) is 16.5 Å². The first-order valence-electron chi connectivity index (χ1n) is 7.16. The number of hydrazine groups is 2. The summed E-state index contributed by atoms with van der Waals surface area (Å²) in [6.45, 7) is 2.14. The predicted molar refractivity (Wildman–Crippen MR) is 83.4 cm³/mol. The van der Waals surface area contributed by atoms with Crippen LogP contribution in [0.25, 0.3) is 0 Å². The van der Waals surface area contributed by atoms with Crippen LogP contribution in [-0.4, -0.2) is 36.6 Å². The molecule has 0 radical (unpaired) electrons. The third kappa shape index (κ3) is 4.71. The maximum atomic E-state index is 12.6. The molecule has 2 unspecified atom stereocenters. The van der Waals surface area contributed by atoms with Crippen LogP contribution in [0, 0.1) is 5.92 Å². The van der Waals surface area contributed by atoms with Crippen molar-refractivity contribution in [2.24, 2.45) is 5.92 Å². The summed E-state index contributed by atoms with van der Waals surface area (Å²) in [5, 5.41) is 2.86. The lowest BCUT2D eigenvalue weighted by atomic mass is 10.0. The molecular formula is C13H16ClF3N6O2. The van der Waals surface area contributed by atoms with Crippen molar-refractivity contribution in [1.82, 2.24) is 26.6 Å². The number of aromatic nitrogens is 1. The molecule has 1 aromatic heterocycles. The normalized spacial score (nSPS) is 20.2. The van der Waals surface area contributed by atoms with Crippen molar-refractivity contribution in [3.05, 3.63) is 22.8 Å². The van der Waals surface area contributed by atoms with E-state index < -0.39 is 29.6 Å². The zero-order chi connectivity index (χ0) is 18.8. The predicted octanol–water partition coefficient (Wildman–Crippen LogP) is 1.04. The molecule has 12 heteroatoms. The Bertz CT molecular complexity index is 672. The Kier molecular flexibility index (Phi) is 5.70. The minimum Gasteiger partial charge on any atom is -0.276 e. The van der Waals surface area contributed by atoms with Gasteiger partial charge in [0.1, 0.15) is 0 Å². The van der Waals surface area contributed by atoms with Crippen LogP contribution in [0.1, 0.15) is 12.5 Å². The van der Waals surface area contributed by atoms with E-state index >= 15 is 0 Å². The number of alkyl halides is 3. The number of nitrogens with zero attached hydrogens (tertiary/aromatic N) is 2. The smallest absolute Gasteiger partial charge is 0.276 e. The summed E-state index contributed by atoms with van der Waals surface area (Å²) in [7, 11) is 1.33. The second-order valence-electron chi connectivity index (χ2n) is 5.44. The molecule has 2 rings (SSSR count). The number of halogens is 4. The van der Waals surface area contributed by atoms with Crippen LogP contribution in [-0.2, 0) is 11.0 Å². The molecule has 25 heavy (non-hydrogen) atoms. The van der Waals surface area contributed by atoms with E-state index in [9.17, 15) is 22.8 Å². The summed E-state index contributed by atoms with van der Waals surface area (Å²) >= 11 is 5.78. The fourth-order valence-electron chi connectivity index (χ4n) is 2.20. The van der Waals surface area contributed by atoms with Gasteiger partial charge >= 0.3 is 12.2 Å². The van der Waals surface area contributed by atoms with Gasteiger partial charge in [-0.15, -0.1) is 0 Å². The second kappa shape index (κ2) is 7.42. The Hall–Kier alpha value is -2.11. The number of anilines is 1. The minimum atomic E-state index is -4.58. The van der Waals surface area contributed by atoms with Crippen molar-refractivity contribution in [2.75, 3.05) is 18.6 Å². The third-order valence-corrected chi connectivity index (χ3v) is 3.84. The van der Waals surface area contributed by atoms with E-state index in [1.54, 1.807) is 6.92 Å². The zero-order valence-electron chi connectivity index (χ0n) is 13.2. The average molecular weight is 381 g/mol. The lowest BCUT2D eigenvalue weighted by Gasteiger charge is -2.21. The summed E-state index contributed by atoms with van der Waals surface area (Å²) in [6, 6.07) is -0.316. The Balaban J connectivity index is 1.98. The fraction of sp³-hybridized carbons (Fsp3) is 0.462. The van der Waals surface area contributed by atoms with E-state index in [0.29, 0.717) is 18.8 Å². The van der Waals surface area contributed by atoms with Crippen LogP contribution in [0.15, 0.2) is 12.3 Å². The zero-order valence-corrected chi connectivity index (χ0v) is 14.0. The summed E-state index contributed by atoms with van der Waals surface area (Å²) < 4.78 is 37.8. The molecule has 1 aliphatic rings. The van der Waals surface area contributed by atoms with Crippen molar-refractivity contribution < 1.29 is 22.8 Å². The van der Waals surface area contributed by atoms with Gasteiger partial charge in [0, 0.05) is 25.8 Å². The average Bonchev–Trinajstić information content (AvgIpc) is 2.92. The Morgan fingerprint density at radius 2 is 2.12 bits per heavy atom. The Morgan fingerprint density at radius 3 is 2.64 bits per heavy atom. The monoisotopic (exact) mass is 380 g/mol. The van der Waals surface area contributed by atoms with Crippen molar-refractivity contribution in [2.45, 2.75) is 19.1 Å². The number of amides is 3. The topological polar surface area (TPSA) is 98.4 Å². The lowest BCUT2D eigenvalue weighted by molar-refractivity contribution is -0.137. The number of imide groups is 1. The highest BCUT2D eigenvalue weighted by molar-refractivity contribution is 6.33. The molecule has 1 aliphatic heterocycles. The molecule has 4 N–H and O–H groups in total. The molecule has 1 aromatic rings. The van der Waals surface area contributed by atoms with Crippen LogP contribution >= 0.6 is 11.6 Å². The Morgan fingerprint density at radius 1 is 1.44 bits per heavy atom. The molecule has 2 atom stereocenters. The number of carbonyl (C=O) groups excluding carboxylic acids is 2. The molecule has 1 saturated heterocycles. The Labute approximate surface area is 146 Å². The van der Waals surface area contributed by atoms with E-state index in [0.717, 1.165) is 5.01 Å². The van der Waals surface area contributed by atoms with Crippen LogP contribution in [0.2, 0.25) is 5.02 Å². The van der Waals surface area contributed by atoms with Crippen molar-refractivity contribution >= 4 is 29.4 Å². The summed E-state index contributed by atoms with van der Waals surface area (Å²) in [6.07, 6.45) is -3.98. The molecule has 3 amide bonds. The van der Waals surface area contributed by atoms with Gasteiger partial charge in [-0.05, 0) is 13.0 Å². The van der Waals surface area contributed by atoms with E-state index in [1.165, 1.54) is 7.05 Å². The fourth-order valence-corrected chi connectivity index (χ4v) is 2.49. The first-order valence-corrected chi connectivity index (χ1v) is 7.53. The van der Waals surface area contributed by atoms with E-state index in [2.05, 4.69) is 26.6 Å². The van der Waals surface area contributed by atoms with Gasteiger partial charge in [-0.25, -0.2) is 15.2 Å². The SMILES string of the molecule is CC1NNCC1C(=O)NC(=O)NN(C)c1ncc(C(F)(F)F)cc1Cl. The van der Waals surface area contributed by atoms with Gasteiger partial charge < -0.3 is 0 Å². The van der Waals surface area contributed by atoms with Gasteiger partial charge in [0.15, 0.2) is 5.82 Å². The maximum absolute atomic E-state index is 12.6. The summed E-state index contributed by atoms with van der Waals surface area (Å²) in [5.74, 6) is -1.04. The second-order valence-corrected chi connectivity index (χ2v) is 5.84. The standard InChI is InChI=1S/C13H16ClF3N6O2/c1-6-8(5-19-21-6)11(24)20-12(25)22-23(2)10-9(14)3-7(4-18-10)13(15,16)17/h3-4,6,8,19,21H,5H2,1-2H3,(H2,20,22,24,25). The highest BCUT2D eigenvalue weighted by atomic mass is 35.5. The molecule has 0 bridgehead atoms. The van der Waals surface area contributed by atoms with Crippen LogP contribution in [0.3, 0.4) is 0 Å².